The minimum atomic E-state index is -0.204. The van der Waals surface area contributed by atoms with E-state index in [1.165, 1.54) is 6.42 Å². The van der Waals surface area contributed by atoms with Gasteiger partial charge in [0, 0.05) is 5.69 Å². The molecule has 5 heteroatoms. The number of benzene rings is 1. The summed E-state index contributed by atoms with van der Waals surface area (Å²) in [6.45, 7) is 0.0653. The van der Waals surface area contributed by atoms with Crippen LogP contribution in [0.15, 0.2) is 18.2 Å². The van der Waals surface area contributed by atoms with Crippen LogP contribution in [0.25, 0.3) is 0 Å². The van der Waals surface area contributed by atoms with Gasteiger partial charge in [0.25, 0.3) is 0 Å². The van der Waals surface area contributed by atoms with E-state index in [1.54, 1.807) is 18.2 Å². The average molecular weight is 255 g/mol. The van der Waals surface area contributed by atoms with Gasteiger partial charge in [-0.05, 0) is 37.5 Å². The second kappa shape index (κ2) is 5.38. The van der Waals surface area contributed by atoms with Gasteiger partial charge in [-0.25, -0.2) is 0 Å². The molecule has 1 amide bonds. The quantitative estimate of drug-likeness (QED) is 0.811. The summed E-state index contributed by atoms with van der Waals surface area (Å²) in [6, 6.07) is 4.96. The van der Waals surface area contributed by atoms with Crippen LogP contribution in [0.5, 0.6) is 0 Å². The van der Waals surface area contributed by atoms with Crippen LogP contribution in [-0.2, 0) is 9.53 Å². The standard InChI is InChI=1S/C12H15ClN2O2/c13-10-5-4-8(14)6-11(10)15-12(16)7-17-9-2-1-3-9/h4-6,9H,1-3,7,14H2,(H,15,16). The Morgan fingerprint density at radius 1 is 1.53 bits per heavy atom. The Kier molecular flexibility index (Phi) is 3.86. The van der Waals surface area contributed by atoms with E-state index in [9.17, 15) is 4.79 Å². The van der Waals surface area contributed by atoms with E-state index in [1.807, 2.05) is 0 Å². The molecule has 0 aliphatic heterocycles. The highest BCUT2D eigenvalue weighted by atomic mass is 35.5. The van der Waals surface area contributed by atoms with Gasteiger partial charge in [0.05, 0.1) is 16.8 Å². The van der Waals surface area contributed by atoms with Gasteiger partial charge in [-0.15, -0.1) is 0 Å². The molecule has 0 spiro atoms. The van der Waals surface area contributed by atoms with Gasteiger partial charge >= 0.3 is 0 Å². The van der Waals surface area contributed by atoms with Crippen LogP contribution in [0, 0.1) is 0 Å². The average Bonchev–Trinajstić information content (AvgIpc) is 2.21. The molecule has 0 unspecified atom stereocenters. The van der Waals surface area contributed by atoms with Crippen molar-refractivity contribution in [2.24, 2.45) is 0 Å². The molecule has 3 N–H and O–H groups in total. The van der Waals surface area contributed by atoms with E-state index in [4.69, 9.17) is 22.1 Å². The van der Waals surface area contributed by atoms with E-state index >= 15 is 0 Å². The molecule has 1 saturated carbocycles. The number of hydrogen-bond acceptors (Lipinski definition) is 3. The predicted octanol–water partition coefficient (Wildman–Crippen LogP) is 2.43. The highest BCUT2D eigenvalue weighted by Crippen LogP contribution is 2.24. The van der Waals surface area contributed by atoms with E-state index in [0.717, 1.165) is 12.8 Å². The van der Waals surface area contributed by atoms with Crippen molar-refractivity contribution in [1.29, 1.82) is 0 Å². The van der Waals surface area contributed by atoms with Crippen molar-refractivity contribution in [2.75, 3.05) is 17.7 Å². The number of anilines is 2. The summed E-state index contributed by atoms with van der Waals surface area (Å²) in [5, 5.41) is 3.15. The van der Waals surface area contributed by atoms with Gasteiger partial charge in [0.15, 0.2) is 0 Å². The Morgan fingerprint density at radius 3 is 2.94 bits per heavy atom. The Bertz CT molecular complexity index is 419. The van der Waals surface area contributed by atoms with Crippen LogP contribution >= 0.6 is 11.6 Å². The van der Waals surface area contributed by atoms with Crippen LogP contribution in [0.3, 0.4) is 0 Å². The van der Waals surface area contributed by atoms with Crippen molar-refractivity contribution < 1.29 is 9.53 Å². The van der Waals surface area contributed by atoms with Crippen molar-refractivity contribution in [3.8, 4) is 0 Å². The summed E-state index contributed by atoms with van der Waals surface area (Å²) >= 11 is 5.93. The fourth-order valence-electron chi connectivity index (χ4n) is 1.56. The van der Waals surface area contributed by atoms with Gasteiger partial charge in [0.1, 0.15) is 6.61 Å². The first-order valence-electron chi connectivity index (χ1n) is 5.61. The maximum absolute atomic E-state index is 11.6. The fourth-order valence-corrected chi connectivity index (χ4v) is 1.72. The Morgan fingerprint density at radius 2 is 2.29 bits per heavy atom. The summed E-state index contributed by atoms with van der Waals surface area (Å²) in [7, 11) is 0. The van der Waals surface area contributed by atoms with Gasteiger partial charge < -0.3 is 15.8 Å². The third-order valence-electron chi connectivity index (χ3n) is 2.77. The maximum Gasteiger partial charge on any atom is 0.250 e. The first-order chi connectivity index (χ1) is 8.15. The van der Waals surface area contributed by atoms with Gasteiger partial charge in [-0.2, -0.15) is 0 Å². The number of carbonyl (C=O) groups excluding carboxylic acids is 1. The molecule has 0 saturated heterocycles. The lowest BCUT2D eigenvalue weighted by Crippen LogP contribution is -2.27. The normalized spacial score (nSPS) is 15.4. The van der Waals surface area contributed by atoms with Crippen LogP contribution in [0.4, 0.5) is 11.4 Å². The Hall–Kier alpha value is -1.26. The Balaban J connectivity index is 1.86. The molecule has 0 aromatic heterocycles. The topological polar surface area (TPSA) is 64.3 Å². The van der Waals surface area contributed by atoms with E-state index < -0.39 is 0 Å². The lowest BCUT2D eigenvalue weighted by atomic mass is 9.96. The first kappa shape index (κ1) is 12.2. The molecule has 1 aromatic carbocycles. The van der Waals surface area contributed by atoms with Crippen LogP contribution in [-0.4, -0.2) is 18.6 Å². The van der Waals surface area contributed by atoms with E-state index in [0.29, 0.717) is 16.4 Å². The molecule has 0 bridgehead atoms. The summed E-state index contributed by atoms with van der Waals surface area (Å²) in [4.78, 5) is 11.6. The largest absolute Gasteiger partial charge is 0.399 e. The zero-order chi connectivity index (χ0) is 12.3. The molecule has 1 aromatic rings. The van der Waals surface area contributed by atoms with E-state index in [-0.39, 0.29) is 18.6 Å². The minimum Gasteiger partial charge on any atom is -0.399 e. The molecule has 17 heavy (non-hydrogen) atoms. The molecule has 2 rings (SSSR count). The molecule has 0 heterocycles. The highest BCUT2D eigenvalue weighted by Gasteiger charge is 2.19. The molecule has 1 fully saturated rings. The number of nitrogens with two attached hydrogens (primary N) is 1. The second-order valence-electron chi connectivity index (χ2n) is 4.15. The first-order valence-corrected chi connectivity index (χ1v) is 5.99. The number of rotatable bonds is 4. The van der Waals surface area contributed by atoms with Crippen LogP contribution in [0.2, 0.25) is 5.02 Å². The van der Waals surface area contributed by atoms with E-state index in [2.05, 4.69) is 5.32 Å². The van der Waals surface area contributed by atoms with Gasteiger partial charge in [0.2, 0.25) is 5.91 Å². The minimum absolute atomic E-state index is 0.0653. The third-order valence-corrected chi connectivity index (χ3v) is 3.10. The molecular formula is C12H15ClN2O2. The summed E-state index contributed by atoms with van der Waals surface area (Å²) in [5.74, 6) is -0.204. The van der Waals surface area contributed by atoms with Crippen LogP contribution < -0.4 is 11.1 Å². The molecular weight excluding hydrogens is 240 g/mol. The number of carbonyl (C=O) groups is 1. The molecule has 0 atom stereocenters. The van der Waals surface area contributed by atoms with Gasteiger partial charge in [-0.3, -0.25) is 4.79 Å². The zero-order valence-corrected chi connectivity index (χ0v) is 10.2. The Labute approximate surface area is 105 Å². The second-order valence-corrected chi connectivity index (χ2v) is 4.56. The summed E-state index contributed by atoms with van der Waals surface area (Å²) in [5.41, 5.74) is 6.70. The van der Waals surface area contributed by atoms with Crippen molar-refractivity contribution in [3.63, 3.8) is 0 Å². The monoisotopic (exact) mass is 254 g/mol. The number of amides is 1. The van der Waals surface area contributed by atoms with Crippen molar-refractivity contribution in [3.05, 3.63) is 23.2 Å². The molecule has 92 valence electrons. The predicted molar refractivity (Wildman–Crippen MR) is 68.1 cm³/mol. The number of nitrogen functional groups attached to an aromatic ring is 1. The van der Waals surface area contributed by atoms with Crippen LogP contribution in [0.1, 0.15) is 19.3 Å². The SMILES string of the molecule is Nc1ccc(Cl)c(NC(=O)COC2CCC2)c1. The van der Waals surface area contributed by atoms with Crippen molar-refractivity contribution in [2.45, 2.75) is 25.4 Å². The summed E-state index contributed by atoms with van der Waals surface area (Å²) < 4.78 is 5.40. The molecule has 1 aliphatic rings. The molecule has 1 aliphatic carbocycles. The molecule has 0 radical (unpaired) electrons. The zero-order valence-electron chi connectivity index (χ0n) is 9.41. The molecule has 4 nitrogen and oxygen atoms in total. The lowest BCUT2D eigenvalue weighted by molar-refractivity contribution is -0.124. The smallest absolute Gasteiger partial charge is 0.250 e. The number of hydrogen-bond donors (Lipinski definition) is 2. The summed E-state index contributed by atoms with van der Waals surface area (Å²) in [6.07, 6.45) is 3.53. The number of ether oxygens (including phenoxy) is 1. The maximum atomic E-state index is 11.6. The number of halogens is 1. The van der Waals surface area contributed by atoms with Crippen molar-refractivity contribution in [1.82, 2.24) is 0 Å². The number of nitrogens with one attached hydrogen (secondary N) is 1. The lowest BCUT2D eigenvalue weighted by Gasteiger charge is -2.25. The fraction of sp³-hybridized carbons (Fsp3) is 0.417. The van der Waals surface area contributed by atoms with Crippen molar-refractivity contribution >= 4 is 28.9 Å². The van der Waals surface area contributed by atoms with Gasteiger partial charge in [-0.1, -0.05) is 11.6 Å². The highest BCUT2D eigenvalue weighted by molar-refractivity contribution is 6.33. The third kappa shape index (κ3) is 3.35.